The summed E-state index contributed by atoms with van der Waals surface area (Å²) in [7, 11) is 0. The van der Waals surface area contributed by atoms with Crippen molar-refractivity contribution in [2.45, 2.75) is 19.3 Å². The molecule has 0 aromatic heterocycles. The summed E-state index contributed by atoms with van der Waals surface area (Å²) in [6.45, 7) is 1.69. The van der Waals surface area contributed by atoms with Crippen LogP contribution >= 0.6 is 15.9 Å². The highest BCUT2D eigenvalue weighted by molar-refractivity contribution is 9.10. The Labute approximate surface area is 113 Å². The highest BCUT2D eigenvalue weighted by Crippen LogP contribution is 2.25. The molecule has 1 aliphatic rings. The average Bonchev–Trinajstić information content (AvgIpc) is 2.36. The standard InChI is InChI=1S/C13H14BrF2NO/c14-9-3-4-10(15)12(13(9)16)11(18)6-8-2-1-5-17-7-8/h3-4,8,17H,1-2,5-7H2. The molecule has 1 aromatic rings. The second-order valence-corrected chi connectivity index (χ2v) is 5.41. The molecule has 0 saturated carbocycles. The van der Waals surface area contributed by atoms with Crippen molar-refractivity contribution in [3.63, 3.8) is 0 Å². The Balaban J connectivity index is 2.15. The van der Waals surface area contributed by atoms with Crippen molar-refractivity contribution in [3.05, 3.63) is 33.8 Å². The van der Waals surface area contributed by atoms with Crippen LogP contribution in [0.2, 0.25) is 0 Å². The lowest BCUT2D eigenvalue weighted by molar-refractivity contribution is 0.0945. The van der Waals surface area contributed by atoms with Crippen LogP contribution in [0.25, 0.3) is 0 Å². The maximum absolute atomic E-state index is 13.7. The first kappa shape index (κ1) is 13.6. The number of rotatable bonds is 3. The molecular formula is C13H14BrF2NO. The lowest BCUT2D eigenvalue weighted by Crippen LogP contribution is -2.31. The first-order chi connectivity index (χ1) is 8.59. The fraction of sp³-hybridized carbons (Fsp3) is 0.462. The molecule has 1 atom stereocenters. The van der Waals surface area contributed by atoms with Crippen LogP contribution in [0.1, 0.15) is 29.6 Å². The Bertz CT molecular complexity index is 459. The van der Waals surface area contributed by atoms with Gasteiger partial charge in [-0.2, -0.15) is 0 Å². The first-order valence-electron chi connectivity index (χ1n) is 5.97. The van der Waals surface area contributed by atoms with Gasteiger partial charge in [0.2, 0.25) is 0 Å². The Hall–Kier alpha value is -0.810. The predicted octanol–water partition coefficient (Wildman–Crippen LogP) is 3.30. The summed E-state index contributed by atoms with van der Waals surface area (Å²) in [4.78, 5) is 12.0. The quantitative estimate of drug-likeness (QED) is 0.684. The summed E-state index contributed by atoms with van der Waals surface area (Å²) >= 11 is 2.97. The van der Waals surface area contributed by atoms with E-state index in [9.17, 15) is 13.6 Å². The van der Waals surface area contributed by atoms with E-state index in [1.54, 1.807) is 0 Å². The molecule has 1 N–H and O–H groups in total. The zero-order valence-corrected chi connectivity index (χ0v) is 11.4. The maximum atomic E-state index is 13.7. The number of halogens is 3. The predicted molar refractivity (Wildman–Crippen MR) is 68.6 cm³/mol. The van der Waals surface area contributed by atoms with Gasteiger partial charge in [0, 0.05) is 6.42 Å². The van der Waals surface area contributed by atoms with Crippen molar-refractivity contribution in [2.24, 2.45) is 5.92 Å². The van der Waals surface area contributed by atoms with Crippen LogP contribution in [0.5, 0.6) is 0 Å². The molecule has 1 aliphatic heterocycles. The van der Waals surface area contributed by atoms with Crippen molar-refractivity contribution in [3.8, 4) is 0 Å². The number of hydrogen-bond donors (Lipinski definition) is 1. The second-order valence-electron chi connectivity index (χ2n) is 4.56. The van der Waals surface area contributed by atoms with Crippen LogP contribution in [0.15, 0.2) is 16.6 Å². The third kappa shape index (κ3) is 2.95. The average molecular weight is 318 g/mol. The number of ketones is 1. The van der Waals surface area contributed by atoms with E-state index in [4.69, 9.17) is 0 Å². The van der Waals surface area contributed by atoms with Crippen molar-refractivity contribution >= 4 is 21.7 Å². The van der Waals surface area contributed by atoms with E-state index in [0.717, 1.165) is 32.0 Å². The van der Waals surface area contributed by atoms with Gasteiger partial charge in [0.05, 0.1) is 10.0 Å². The smallest absolute Gasteiger partial charge is 0.169 e. The highest BCUT2D eigenvalue weighted by Gasteiger charge is 2.23. The number of carbonyl (C=O) groups excluding carboxylic acids is 1. The highest BCUT2D eigenvalue weighted by atomic mass is 79.9. The number of carbonyl (C=O) groups is 1. The number of benzene rings is 1. The summed E-state index contributed by atoms with van der Waals surface area (Å²) in [6, 6.07) is 2.38. The third-order valence-electron chi connectivity index (χ3n) is 3.20. The Morgan fingerprint density at radius 2 is 2.22 bits per heavy atom. The van der Waals surface area contributed by atoms with Gasteiger partial charge in [-0.1, -0.05) is 0 Å². The van der Waals surface area contributed by atoms with E-state index >= 15 is 0 Å². The monoisotopic (exact) mass is 317 g/mol. The van der Waals surface area contributed by atoms with E-state index < -0.39 is 23.0 Å². The molecule has 5 heteroatoms. The summed E-state index contributed by atoms with van der Waals surface area (Å²) in [5, 5.41) is 3.18. The first-order valence-corrected chi connectivity index (χ1v) is 6.76. The SMILES string of the molecule is O=C(CC1CCCNC1)c1c(F)ccc(Br)c1F. The number of hydrogen-bond acceptors (Lipinski definition) is 2. The molecule has 0 bridgehead atoms. The van der Waals surface area contributed by atoms with Gasteiger partial charge < -0.3 is 5.32 Å². The van der Waals surface area contributed by atoms with Gasteiger partial charge in [-0.3, -0.25) is 4.79 Å². The van der Waals surface area contributed by atoms with Gasteiger partial charge in [0.15, 0.2) is 11.6 Å². The zero-order valence-electron chi connectivity index (χ0n) is 9.81. The molecule has 1 unspecified atom stereocenters. The Kier molecular flexibility index (Phi) is 4.45. The largest absolute Gasteiger partial charge is 0.316 e. The van der Waals surface area contributed by atoms with Gasteiger partial charge in [-0.15, -0.1) is 0 Å². The molecule has 0 aliphatic carbocycles. The molecule has 1 heterocycles. The van der Waals surface area contributed by atoms with Crippen LogP contribution in [0.4, 0.5) is 8.78 Å². The molecule has 2 nitrogen and oxygen atoms in total. The molecule has 98 valence electrons. The Morgan fingerprint density at radius 3 is 2.89 bits per heavy atom. The number of Topliss-reactive ketones (excluding diaryl/α,β-unsaturated/α-hetero) is 1. The van der Waals surface area contributed by atoms with Gasteiger partial charge >= 0.3 is 0 Å². The molecule has 1 aromatic carbocycles. The molecular weight excluding hydrogens is 304 g/mol. The van der Waals surface area contributed by atoms with Crippen molar-refractivity contribution < 1.29 is 13.6 Å². The summed E-state index contributed by atoms with van der Waals surface area (Å²) < 4.78 is 27.4. The molecule has 0 amide bonds. The minimum atomic E-state index is -0.802. The van der Waals surface area contributed by atoms with Crippen LogP contribution in [0.3, 0.4) is 0 Å². The van der Waals surface area contributed by atoms with Gasteiger partial charge in [-0.25, -0.2) is 8.78 Å². The fourth-order valence-corrected chi connectivity index (χ4v) is 2.58. The fourth-order valence-electron chi connectivity index (χ4n) is 2.25. The zero-order chi connectivity index (χ0) is 13.1. The van der Waals surface area contributed by atoms with Crippen molar-refractivity contribution in [2.75, 3.05) is 13.1 Å². The number of nitrogens with one attached hydrogen (secondary N) is 1. The van der Waals surface area contributed by atoms with Crippen LogP contribution in [0, 0.1) is 17.6 Å². The van der Waals surface area contributed by atoms with E-state index in [-0.39, 0.29) is 16.8 Å². The second kappa shape index (κ2) is 5.89. The summed E-state index contributed by atoms with van der Waals surface area (Å²) in [5.41, 5.74) is -0.421. The Morgan fingerprint density at radius 1 is 1.44 bits per heavy atom. The molecule has 2 rings (SSSR count). The minimum Gasteiger partial charge on any atom is -0.316 e. The van der Waals surface area contributed by atoms with E-state index in [1.165, 1.54) is 6.07 Å². The topological polar surface area (TPSA) is 29.1 Å². The van der Waals surface area contributed by atoms with E-state index in [1.807, 2.05) is 0 Å². The lowest BCUT2D eigenvalue weighted by atomic mass is 9.91. The van der Waals surface area contributed by atoms with E-state index in [0.29, 0.717) is 0 Å². The van der Waals surface area contributed by atoms with Crippen LogP contribution in [-0.4, -0.2) is 18.9 Å². The molecule has 0 spiro atoms. The third-order valence-corrected chi connectivity index (χ3v) is 3.81. The maximum Gasteiger partial charge on any atom is 0.169 e. The molecule has 1 saturated heterocycles. The lowest BCUT2D eigenvalue weighted by Gasteiger charge is -2.22. The minimum absolute atomic E-state index is 0.119. The van der Waals surface area contributed by atoms with Crippen LogP contribution in [-0.2, 0) is 0 Å². The van der Waals surface area contributed by atoms with Gasteiger partial charge in [0.25, 0.3) is 0 Å². The molecule has 1 fully saturated rings. The number of piperidine rings is 1. The van der Waals surface area contributed by atoms with Gasteiger partial charge in [0.1, 0.15) is 5.82 Å². The summed E-state index contributed by atoms with van der Waals surface area (Å²) in [6.07, 6.45) is 2.12. The summed E-state index contributed by atoms with van der Waals surface area (Å²) in [5.74, 6) is -1.88. The van der Waals surface area contributed by atoms with Crippen molar-refractivity contribution in [1.29, 1.82) is 0 Å². The molecule has 0 radical (unpaired) electrons. The van der Waals surface area contributed by atoms with Crippen molar-refractivity contribution in [1.82, 2.24) is 5.32 Å². The van der Waals surface area contributed by atoms with E-state index in [2.05, 4.69) is 21.2 Å². The normalized spacial score (nSPS) is 19.8. The molecule has 18 heavy (non-hydrogen) atoms. The van der Waals surface area contributed by atoms with Crippen LogP contribution < -0.4 is 5.32 Å². The van der Waals surface area contributed by atoms with Gasteiger partial charge in [-0.05, 0) is 59.9 Å².